The Kier molecular flexibility index (Phi) is 7.53. The lowest BCUT2D eigenvalue weighted by molar-refractivity contribution is -0.136. The number of hydrogen-bond acceptors (Lipinski definition) is 5. The fourth-order valence-corrected chi connectivity index (χ4v) is 4.54. The Labute approximate surface area is 228 Å². The van der Waals surface area contributed by atoms with E-state index in [0.29, 0.717) is 33.8 Å². The van der Waals surface area contributed by atoms with Crippen LogP contribution in [-0.2, 0) is 17.6 Å². The van der Waals surface area contributed by atoms with Crippen LogP contribution in [0.2, 0.25) is 0 Å². The maximum Gasteiger partial charge on any atom is 0.418 e. The van der Waals surface area contributed by atoms with Crippen molar-refractivity contribution >= 4 is 16.9 Å². The van der Waals surface area contributed by atoms with Crippen LogP contribution in [0.25, 0.3) is 22.0 Å². The average molecular weight is 544 g/mol. The smallest absolute Gasteiger partial charge is 0.418 e. The van der Waals surface area contributed by atoms with Crippen molar-refractivity contribution in [1.29, 1.82) is 0 Å². The number of alkyl halides is 3. The van der Waals surface area contributed by atoms with Crippen molar-refractivity contribution < 1.29 is 32.5 Å². The standard InChI is InChI=1S/C32H24F3NO4/c1-20(37)40-24-15-13-21(14-16-24)19-39-25-10-5-9-23(17-25)29-26-11-6-12-28(32(33,34)35)30(26)36-18-27(29)31(38)22-7-3-2-4-8-22/h2-18,31,38H,19H2,1H3. The topological polar surface area (TPSA) is 68.7 Å². The zero-order valence-corrected chi connectivity index (χ0v) is 21.4. The molecule has 0 fully saturated rings. The number of para-hydroxylation sites is 1. The van der Waals surface area contributed by atoms with E-state index in [2.05, 4.69) is 4.98 Å². The molecule has 4 aromatic carbocycles. The minimum Gasteiger partial charge on any atom is -0.489 e. The molecule has 0 amide bonds. The molecule has 5 aromatic rings. The molecule has 1 atom stereocenters. The fraction of sp³-hybridized carbons (Fsp3) is 0.125. The van der Waals surface area contributed by atoms with Gasteiger partial charge in [0.05, 0.1) is 11.1 Å². The van der Waals surface area contributed by atoms with Crippen LogP contribution in [0, 0.1) is 0 Å². The van der Waals surface area contributed by atoms with Crippen LogP contribution in [0.1, 0.15) is 35.3 Å². The maximum absolute atomic E-state index is 13.9. The third kappa shape index (κ3) is 5.82. The van der Waals surface area contributed by atoms with Crippen LogP contribution < -0.4 is 9.47 Å². The molecular formula is C32H24F3NO4. The molecule has 5 nitrogen and oxygen atoms in total. The van der Waals surface area contributed by atoms with E-state index in [0.717, 1.165) is 11.6 Å². The number of aliphatic hydroxyl groups excluding tert-OH is 1. The predicted molar refractivity (Wildman–Crippen MR) is 145 cm³/mol. The number of aliphatic hydroxyl groups is 1. The number of benzene rings is 4. The van der Waals surface area contributed by atoms with E-state index in [4.69, 9.17) is 9.47 Å². The van der Waals surface area contributed by atoms with Gasteiger partial charge in [0.25, 0.3) is 0 Å². The fourth-order valence-electron chi connectivity index (χ4n) is 4.54. The number of ether oxygens (including phenoxy) is 2. The van der Waals surface area contributed by atoms with Gasteiger partial charge in [-0.15, -0.1) is 0 Å². The predicted octanol–water partition coefficient (Wildman–Crippen LogP) is 7.51. The number of aromatic nitrogens is 1. The Morgan fingerprint density at radius 1 is 0.900 bits per heavy atom. The molecule has 0 radical (unpaired) electrons. The zero-order valence-electron chi connectivity index (χ0n) is 21.4. The molecule has 0 spiro atoms. The van der Waals surface area contributed by atoms with Gasteiger partial charge in [0, 0.05) is 24.1 Å². The van der Waals surface area contributed by atoms with E-state index in [-0.39, 0.29) is 17.5 Å². The van der Waals surface area contributed by atoms with Crippen molar-refractivity contribution in [2.24, 2.45) is 0 Å². The summed E-state index contributed by atoms with van der Waals surface area (Å²) in [5, 5.41) is 11.6. The summed E-state index contributed by atoms with van der Waals surface area (Å²) < 4.78 is 52.6. The molecule has 0 saturated heterocycles. The number of rotatable bonds is 7. The second-order valence-electron chi connectivity index (χ2n) is 9.16. The number of halogens is 3. The molecule has 8 heteroatoms. The van der Waals surface area contributed by atoms with Gasteiger partial charge in [0.2, 0.25) is 0 Å². The third-order valence-corrected chi connectivity index (χ3v) is 6.36. The zero-order chi connectivity index (χ0) is 28.3. The van der Waals surface area contributed by atoms with Crippen LogP contribution >= 0.6 is 0 Å². The van der Waals surface area contributed by atoms with Crippen molar-refractivity contribution in [2.75, 3.05) is 0 Å². The molecule has 0 aliphatic heterocycles. The number of nitrogens with zero attached hydrogens (tertiary/aromatic N) is 1. The summed E-state index contributed by atoms with van der Waals surface area (Å²) in [6, 6.07) is 26.6. The van der Waals surface area contributed by atoms with Gasteiger partial charge in [-0.05, 0) is 52.6 Å². The minimum atomic E-state index is -4.60. The van der Waals surface area contributed by atoms with Gasteiger partial charge in [0.15, 0.2) is 0 Å². The van der Waals surface area contributed by atoms with Gasteiger partial charge >= 0.3 is 12.1 Å². The summed E-state index contributed by atoms with van der Waals surface area (Å²) in [7, 11) is 0. The molecule has 202 valence electrons. The van der Waals surface area contributed by atoms with Crippen LogP contribution in [0.3, 0.4) is 0 Å². The second-order valence-corrected chi connectivity index (χ2v) is 9.16. The van der Waals surface area contributed by atoms with Gasteiger partial charge in [-0.3, -0.25) is 9.78 Å². The molecule has 0 saturated carbocycles. The van der Waals surface area contributed by atoms with Crippen molar-refractivity contribution in [3.63, 3.8) is 0 Å². The van der Waals surface area contributed by atoms with Crippen molar-refractivity contribution in [3.05, 3.63) is 126 Å². The summed E-state index contributed by atoms with van der Waals surface area (Å²) in [5.41, 5.74) is 1.73. The van der Waals surface area contributed by atoms with Crippen LogP contribution in [0.4, 0.5) is 13.2 Å². The lowest BCUT2D eigenvalue weighted by atomic mass is 9.90. The molecule has 1 unspecified atom stereocenters. The molecule has 1 heterocycles. The molecule has 0 bridgehead atoms. The monoisotopic (exact) mass is 543 g/mol. The van der Waals surface area contributed by atoms with Gasteiger partial charge in [-0.25, -0.2) is 0 Å². The van der Waals surface area contributed by atoms with Crippen molar-refractivity contribution in [1.82, 2.24) is 4.98 Å². The Balaban J connectivity index is 1.55. The van der Waals surface area contributed by atoms with E-state index in [1.54, 1.807) is 78.9 Å². The van der Waals surface area contributed by atoms with Crippen LogP contribution in [0.15, 0.2) is 103 Å². The largest absolute Gasteiger partial charge is 0.489 e. The first-order valence-corrected chi connectivity index (χ1v) is 12.4. The molecular weight excluding hydrogens is 519 g/mol. The number of carbonyl (C=O) groups excluding carboxylic acids is 1. The van der Waals surface area contributed by atoms with E-state index in [1.807, 2.05) is 6.07 Å². The van der Waals surface area contributed by atoms with Crippen LogP contribution in [0.5, 0.6) is 11.5 Å². The lowest BCUT2D eigenvalue weighted by Gasteiger charge is -2.20. The van der Waals surface area contributed by atoms with Crippen molar-refractivity contribution in [3.8, 4) is 22.6 Å². The van der Waals surface area contributed by atoms with Crippen molar-refractivity contribution in [2.45, 2.75) is 25.8 Å². The first-order chi connectivity index (χ1) is 19.2. The first-order valence-electron chi connectivity index (χ1n) is 12.4. The highest BCUT2D eigenvalue weighted by Crippen LogP contribution is 2.41. The van der Waals surface area contributed by atoms with E-state index in [1.165, 1.54) is 19.2 Å². The molecule has 5 rings (SSSR count). The average Bonchev–Trinajstić information content (AvgIpc) is 2.95. The summed E-state index contributed by atoms with van der Waals surface area (Å²) in [5.74, 6) is 0.493. The Bertz CT molecular complexity index is 1650. The number of hydrogen-bond donors (Lipinski definition) is 1. The summed E-state index contributed by atoms with van der Waals surface area (Å²) in [4.78, 5) is 15.3. The van der Waals surface area contributed by atoms with Gasteiger partial charge < -0.3 is 14.6 Å². The van der Waals surface area contributed by atoms with Gasteiger partial charge in [-0.2, -0.15) is 13.2 Å². The maximum atomic E-state index is 13.9. The molecule has 1 N–H and O–H groups in total. The molecule has 1 aromatic heterocycles. The normalized spacial score (nSPS) is 12.2. The number of carbonyl (C=O) groups is 1. The Hall–Kier alpha value is -4.69. The highest BCUT2D eigenvalue weighted by atomic mass is 19.4. The minimum absolute atomic E-state index is 0.201. The number of pyridine rings is 1. The number of esters is 1. The summed E-state index contributed by atoms with van der Waals surface area (Å²) in [6.45, 7) is 1.53. The quantitative estimate of drug-likeness (QED) is 0.170. The van der Waals surface area contributed by atoms with E-state index >= 15 is 0 Å². The highest BCUT2D eigenvalue weighted by molar-refractivity contribution is 5.98. The van der Waals surface area contributed by atoms with E-state index in [9.17, 15) is 23.1 Å². The highest BCUT2D eigenvalue weighted by Gasteiger charge is 2.34. The second kappa shape index (κ2) is 11.2. The lowest BCUT2D eigenvalue weighted by Crippen LogP contribution is -2.09. The molecule has 40 heavy (non-hydrogen) atoms. The van der Waals surface area contributed by atoms with Gasteiger partial charge in [-0.1, -0.05) is 66.7 Å². The number of fused-ring (bicyclic) bond motifs is 1. The summed E-state index contributed by atoms with van der Waals surface area (Å²) >= 11 is 0. The summed E-state index contributed by atoms with van der Waals surface area (Å²) in [6.07, 6.45) is -4.41. The van der Waals surface area contributed by atoms with Gasteiger partial charge in [0.1, 0.15) is 24.2 Å². The molecule has 0 aliphatic carbocycles. The Morgan fingerprint density at radius 2 is 1.62 bits per heavy atom. The van der Waals surface area contributed by atoms with Crippen LogP contribution in [-0.4, -0.2) is 16.1 Å². The third-order valence-electron chi connectivity index (χ3n) is 6.36. The SMILES string of the molecule is CC(=O)Oc1ccc(COc2cccc(-c3c(C(O)c4ccccc4)cnc4c(C(F)(F)F)cccc34)c2)cc1. The Morgan fingerprint density at radius 3 is 2.33 bits per heavy atom. The first kappa shape index (κ1) is 26.9. The van der Waals surface area contributed by atoms with E-state index < -0.39 is 23.8 Å². The molecule has 0 aliphatic rings.